The van der Waals surface area contributed by atoms with Crippen molar-refractivity contribution in [1.82, 2.24) is 4.72 Å². The van der Waals surface area contributed by atoms with Crippen molar-refractivity contribution in [1.29, 1.82) is 0 Å². The van der Waals surface area contributed by atoms with Gasteiger partial charge >= 0.3 is 5.97 Å². The average Bonchev–Trinajstić information content (AvgIpc) is 2.95. The molecule has 0 spiro atoms. The van der Waals surface area contributed by atoms with Gasteiger partial charge in [0.1, 0.15) is 15.5 Å². The Bertz CT molecular complexity index is 690. The van der Waals surface area contributed by atoms with Crippen molar-refractivity contribution in [2.24, 2.45) is 0 Å². The number of hydrogen-bond acceptors (Lipinski definition) is 5. The first-order chi connectivity index (χ1) is 8.90. The Hall–Kier alpha value is -1.16. The summed E-state index contributed by atoms with van der Waals surface area (Å²) in [5.41, 5.74) is 0. The normalized spacial score (nSPS) is 11.6. The minimum atomic E-state index is -3.79. The van der Waals surface area contributed by atoms with Crippen LogP contribution in [0.1, 0.15) is 15.4 Å². The van der Waals surface area contributed by atoms with Crippen molar-refractivity contribution < 1.29 is 22.7 Å². The van der Waals surface area contributed by atoms with E-state index in [1.54, 1.807) is 12.1 Å². The molecule has 9 heteroatoms. The Balaban J connectivity index is 2.22. The average molecular weight is 366 g/mol. The van der Waals surface area contributed by atoms with E-state index < -0.39 is 16.0 Å². The highest BCUT2D eigenvalue weighted by molar-refractivity contribution is 9.11. The van der Waals surface area contributed by atoms with Gasteiger partial charge in [0.05, 0.1) is 16.6 Å². The van der Waals surface area contributed by atoms with Gasteiger partial charge in [-0.15, -0.1) is 11.3 Å². The Labute approximate surface area is 121 Å². The minimum absolute atomic E-state index is 0.0000246. The van der Waals surface area contributed by atoms with E-state index >= 15 is 0 Å². The topological polar surface area (TPSA) is 96.6 Å². The number of hydrogen-bond donors (Lipinski definition) is 2. The maximum atomic E-state index is 12.0. The number of nitrogens with one attached hydrogen (secondary N) is 1. The number of rotatable bonds is 5. The molecule has 0 atom stereocenters. The van der Waals surface area contributed by atoms with Crippen LogP contribution in [0.2, 0.25) is 0 Å². The molecular weight excluding hydrogens is 358 g/mol. The standard InChI is InChI=1S/C10H8BrNO5S2/c11-9-8(4-7(18-9)10(13)14)19(15,16)12-5-6-2-1-3-17-6/h1-4,12H,5H2,(H,13,14). The highest BCUT2D eigenvalue weighted by atomic mass is 79.9. The second-order valence-electron chi connectivity index (χ2n) is 3.46. The van der Waals surface area contributed by atoms with Gasteiger partial charge in [0.15, 0.2) is 0 Å². The Morgan fingerprint density at radius 1 is 1.53 bits per heavy atom. The summed E-state index contributed by atoms with van der Waals surface area (Å²) in [4.78, 5) is 10.7. The van der Waals surface area contributed by atoms with E-state index in [4.69, 9.17) is 9.52 Å². The van der Waals surface area contributed by atoms with Crippen molar-refractivity contribution in [2.45, 2.75) is 11.4 Å². The first kappa shape index (κ1) is 14.3. The first-order valence-corrected chi connectivity index (χ1v) is 8.04. The summed E-state index contributed by atoms with van der Waals surface area (Å²) in [6, 6.07) is 4.39. The molecule has 0 aliphatic carbocycles. The zero-order valence-corrected chi connectivity index (χ0v) is 12.5. The van der Waals surface area contributed by atoms with Crippen LogP contribution in [0.3, 0.4) is 0 Å². The number of sulfonamides is 1. The van der Waals surface area contributed by atoms with Gasteiger partial charge in [-0.25, -0.2) is 17.9 Å². The number of carboxylic acids is 1. The maximum absolute atomic E-state index is 12.0. The van der Waals surface area contributed by atoms with E-state index in [1.807, 2.05) is 0 Å². The number of carboxylic acid groups (broad SMARTS) is 1. The minimum Gasteiger partial charge on any atom is -0.477 e. The summed E-state index contributed by atoms with van der Waals surface area (Å²) in [7, 11) is -3.79. The molecule has 0 bridgehead atoms. The lowest BCUT2D eigenvalue weighted by atomic mass is 10.5. The molecule has 19 heavy (non-hydrogen) atoms. The van der Waals surface area contributed by atoms with Crippen molar-refractivity contribution in [2.75, 3.05) is 0 Å². The molecule has 2 aromatic heterocycles. The van der Waals surface area contributed by atoms with Crippen LogP contribution in [-0.4, -0.2) is 19.5 Å². The fourth-order valence-electron chi connectivity index (χ4n) is 1.30. The Kier molecular flexibility index (Phi) is 4.09. The highest BCUT2D eigenvalue weighted by Gasteiger charge is 2.23. The molecule has 0 saturated heterocycles. The smallest absolute Gasteiger partial charge is 0.345 e. The second-order valence-corrected chi connectivity index (χ2v) is 7.56. The molecule has 2 N–H and O–H groups in total. The van der Waals surface area contributed by atoms with Crippen molar-refractivity contribution in [3.63, 3.8) is 0 Å². The maximum Gasteiger partial charge on any atom is 0.345 e. The van der Waals surface area contributed by atoms with Crippen molar-refractivity contribution >= 4 is 43.3 Å². The van der Waals surface area contributed by atoms with Crippen LogP contribution in [-0.2, 0) is 16.6 Å². The molecule has 0 unspecified atom stereocenters. The second kappa shape index (κ2) is 5.45. The predicted octanol–water partition coefficient (Wildman–Crippen LogP) is 2.28. The zero-order chi connectivity index (χ0) is 14.0. The molecule has 0 aliphatic rings. The Morgan fingerprint density at radius 3 is 2.79 bits per heavy atom. The van der Waals surface area contributed by atoms with Crippen LogP contribution in [0.25, 0.3) is 0 Å². The molecule has 2 heterocycles. The molecule has 0 saturated carbocycles. The van der Waals surface area contributed by atoms with Gasteiger partial charge in [-0.2, -0.15) is 0 Å². The van der Waals surface area contributed by atoms with Crippen LogP contribution >= 0.6 is 27.3 Å². The van der Waals surface area contributed by atoms with Crippen LogP contribution in [0.5, 0.6) is 0 Å². The van der Waals surface area contributed by atoms with Crippen LogP contribution in [0.4, 0.5) is 0 Å². The van der Waals surface area contributed by atoms with E-state index in [-0.39, 0.29) is 20.1 Å². The van der Waals surface area contributed by atoms with E-state index in [1.165, 1.54) is 6.26 Å². The van der Waals surface area contributed by atoms with Crippen LogP contribution < -0.4 is 4.72 Å². The van der Waals surface area contributed by atoms with Gasteiger partial charge in [-0.1, -0.05) is 0 Å². The molecule has 6 nitrogen and oxygen atoms in total. The molecular formula is C10H8BrNO5S2. The molecule has 0 aromatic carbocycles. The lowest BCUT2D eigenvalue weighted by Crippen LogP contribution is -2.22. The van der Waals surface area contributed by atoms with E-state index in [9.17, 15) is 13.2 Å². The SMILES string of the molecule is O=C(O)c1cc(S(=O)(=O)NCc2ccco2)c(Br)s1. The predicted molar refractivity (Wildman–Crippen MR) is 71.7 cm³/mol. The molecule has 0 aliphatic heterocycles. The van der Waals surface area contributed by atoms with Crippen molar-refractivity contribution in [3.05, 3.63) is 38.9 Å². The summed E-state index contributed by atoms with van der Waals surface area (Å²) in [5.74, 6) is -0.702. The first-order valence-electron chi connectivity index (χ1n) is 4.95. The van der Waals surface area contributed by atoms with Gasteiger partial charge < -0.3 is 9.52 Å². The summed E-state index contributed by atoms with van der Waals surface area (Å²) < 4.78 is 31.6. The monoisotopic (exact) mass is 365 g/mol. The molecule has 2 rings (SSSR count). The zero-order valence-electron chi connectivity index (χ0n) is 9.29. The molecule has 0 radical (unpaired) electrons. The highest BCUT2D eigenvalue weighted by Crippen LogP contribution is 2.31. The molecule has 0 amide bonds. The fourth-order valence-corrected chi connectivity index (χ4v) is 4.69. The van der Waals surface area contributed by atoms with Crippen molar-refractivity contribution in [3.8, 4) is 0 Å². The number of halogens is 1. The van der Waals surface area contributed by atoms with Crippen LogP contribution in [0, 0.1) is 0 Å². The third kappa shape index (κ3) is 3.24. The number of thiophene rings is 1. The van der Waals surface area contributed by atoms with Gasteiger partial charge in [-0.05, 0) is 34.1 Å². The van der Waals surface area contributed by atoms with Gasteiger partial charge in [0.25, 0.3) is 0 Å². The Morgan fingerprint density at radius 2 is 2.26 bits per heavy atom. The lowest BCUT2D eigenvalue weighted by Gasteiger charge is -2.03. The summed E-state index contributed by atoms with van der Waals surface area (Å²) >= 11 is 3.90. The van der Waals surface area contributed by atoms with E-state index in [0.717, 1.165) is 17.4 Å². The third-order valence-electron chi connectivity index (χ3n) is 2.17. The summed E-state index contributed by atoms with van der Waals surface area (Å²) in [6.45, 7) is 0.0000246. The van der Waals surface area contributed by atoms with Gasteiger partial charge in [-0.3, -0.25) is 0 Å². The molecule has 2 aromatic rings. The van der Waals surface area contributed by atoms with E-state index in [2.05, 4.69) is 20.7 Å². The number of carbonyl (C=O) groups is 1. The van der Waals surface area contributed by atoms with Gasteiger partial charge in [0, 0.05) is 0 Å². The summed E-state index contributed by atoms with van der Waals surface area (Å²) in [5, 5.41) is 8.83. The fraction of sp³-hybridized carbons (Fsp3) is 0.100. The number of aromatic carboxylic acids is 1. The quantitative estimate of drug-likeness (QED) is 0.846. The molecule has 0 fully saturated rings. The van der Waals surface area contributed by atoms with Crippen LogP contribution in [0.15, 0.2) is 37.6 Å². The molecule has 102 valence electrons. The van der Waals surface area contributed by atoms with Gasteiger partial charge in [0.2, 0.25) is 10.0 Å². The summed E-state index contributed by atoms with van der Waals surface area (Å²) in [6.07, 6.45) is 1.44. The largest absolute Gasteiger partial charge is 0.477 e. The number of furan rings is 1. The lowest BCUT2D eigenvalue weighted by molar-refractivity contribution is 0.0702. The third-order valence-corrected chi connectivity index (χ3v) is 5.81. The van der Waals surface area contributed by atoms with E-state index in [0.29, 0.717) is 5.76 Å².